The first-order chi connectivity index (χ1) is 10.1. The van der Waals surface area contributed by atoms with E-state index in [2.05, 4.69) is 31.0 Å². The van der Waals surface area contributed by atoms with Crippen molar-refractivity contribution in [3.8, 4) is 0 Å². The monoisotopic (exact) mass is 296 g/mol. The molecule has 120 valence electrons. The molecule has 0 amide bonds. The summed E-state index contributed by atoms with van der Waals surface area (Å²) in [5.41, 5.74) is 1.89. The van der Waals surface area contributed by atoms with Crippen LogP contribution in [0.3, 0.4) is 0 Å². The van der Waals surface area contributed by atoms with Crippen molar-refractivity contribution in [3.05, 3.63) is 35.1 Å². The van der Waals surface area contributed by atoms with E-state index in [4.69, 9.17) is 4.74 Å². The van der Waals surface area contributed by atoms with Crippen LogP contribution in [0.2, 0.25) is 0 Å². The number of rotatable bonds is 10. The van der Waals surface area contributed by atoms with Crippen LogP contribution in [0, 0.1) is 5.82 Å². The van der Waals surface area contributed by atoms with Crippen molar-refractivity contribution in [3.63, 3.8) is 0 Å². The maximum atomic E-state index is 14.1. The van der Waals surface area contributed by atoms with E-state index in [0.717, 1.165) is 37.2 Å². The number of ether oxygens (including phenoxy) is 1. The van der Waals surface area contributed by atoms with Gasteiger partial charge in [-0.1, -0.05) is 26.0 Å². The van der Waals surface area contributed by atoms with Gasteiger partial charge in [-0.05, 0) is 31.5 Å². The Kier molecular flexibility index (Phi) is 8.50. The average molecular weight is 296 g/mol. The molecule has 3 nitrogen and oxygen atoms in total. The standard InChI is InChI=1S/C17H29FN2O/c1-5-14(3)20(9-10-21-4)13-16-11-15(12-19-6-2)7-8-17(16)18/h7-8,11,14,19H,5-6,9-10,12-13H2,1-4H3. The number of nitrogens with one attached hydrogen (secondary N) is 1. The van der Waals surface area contributed by atoms with Crippen molar-refractivity contribution in [1.29, 1.82) is 0 Å². The predicted molar refractivity (Wildman–Crippen MR) is 85.8 cm³/mol. The molecule has 0 bridgehead atoms. The number of benzene rings is 1. The molecule has 0 spiro atoms. The number of methoxy groups -OCH3 is 1. The average Bonchev–Trinajstić information content (AvgIpc) is 2.50. The van der Waals surface area contributed by atoms with Gasteiger partial charge in [0.05, 0.1) is 6.61 Å². The van der Waals surface area contributed by atoms with Crippen molar-refractivity contribution in [1.82, 2.24) is 10.2 Å². The molecule has 1 unspecified atom stereocenters. The minimum Gasteiger partial charge on any atom is -0.383 e. The molecule has 1 rings (SSSR count). The van der Waals surface area contributed by atoms with Gasteiger partial charge in [0.25, 0.3) is 0 Å². The fourth-order valence-corrected chi connectivity index (χ4v) is 2.27. The zero-order valence-electron chi connectivity index (χ0n) is 13.8. The Morgan fingerprint density at radius 2 is 2.10 bits per heavy atom. The van der Waals surface area contributed by atoms with Gasteiger partial charge in [0.1, 0.15) is 5.82 Å². The zero-order valence-corrected chi connectivity index (χ0v) is 13.8. The Labute approximate surface area is 128 Å². The second kappa shape index (κ2) is 9.87. The lowest BCUT2D eigenvalue weighted by molar-refractivity contribution is 0.117. The fourth-order valence-electron chi connectivity index (χ4n) is 2.27. The van der Waals surface area contributed by atoms with Crippen molar-refractivity contribution in [2.45, 2.75) is 46.3 Å². The number of nitrogens with zero attached hydrogens (tertiary/aromatic N) is 1. The molecule has 4 heteroatoms. The molecule has 1 aromatic rings. The third-order valence-electron chi connectivity index (χ3n) is 3.86. The van der Waals surface area contributed by atoms with Gasteiger partial charge in [-0.3, -0.25) is 4.90 Å². The molecule has 0 heterocycles. The molecule has 0 aromatic heterocycles. The molecule has 0 saturated carbocycles. The molecule has 0 fully saturated rings. The van der Waals surface area contributed by atoms with Gasteiger partial charge in [0.15, 0.2) is 0 Å². The molecule has 1 atom stereocenters. The lowest BCUT2D eigenvalue weighted by atomic mass is 10.1. The maximum absolute atomic E-state index is 14.1. The molecule has 1 aromatic carbocycles. The highest BCUT2D eigenvalue weighted by atomic mass is 19.1. The Hall–Kier alpha value is -0.970. The molecule has 0 saturated heterocycles. The van der Waals surface area contributed by atoms with Crippen molar-refractivity contribution < 1.29 is 9.13 Å². The molecule has 0 radical (unpaired) electrons. The summed E-state index contributed by atoms with van der Waals surface area (Å²) in [7, 11) is 1.70. The van der Waals surface area contributed by atoms with Crippen LogP contribution in [-0.2, 0) is 17.8 Å². The van der Waals surface area contributed by atoms with Crippen LogP contribution in [0.4, 0.5) is 4.39 Å². The highest BCUT2D eigenvalue weighted by molar-refractivity contribution is 5.25. The smallest absolute Gasteiger partial charge is 0.127 e. The summed E-state index contributed by atoms with van der Waals surface area (Å²) >= 11 is 0. The first-order valence-electron chi connectivity index (χ1n) is 7.83. The summed E-state index contributed by atoms with van der Waals surface area (Å²) in [6.07, 6.45) is 1.04. The predicted octanol–water partition coefficient (Wildman–Crippen LogP) is 3.18. The quantitative estimate of drug-likeness (QED) is 0.717. The van der Waals surface area contributed by atoms with Crippen molar-refractivity contribution in [2.75, 3.05) is 26.8 Å². The van der Waals surface area contributed by atoms with Crippen molar-refractivity contribution >= 4 is 0 Å². The molecule has 21 heavy (non-hydrogen) atoms. The first-order valence-corrected chi connectivity index (χ1v) is 7.83. The highest BCUT2D eigenvalue weighted by Gasteiger charge is 2.15. The third kappa shape index (κ3) is 6.12. The molecule has 0 aliphatic rings. The van der Waals surface area contributed by atoms with Crippen LogP contribution in [-0.4, -0.2) is 37.7 Å². The topological polar surface area (TPSA) is 24.5 Å². The van der Waals surface area contributed by atoms with Gasteiger partial charge in [0, 0.05) is 38.3 Å². The van der Waals surface area contributed by atoms with Gasteiger partial charge >= 0.3 is 0 Å². The van der Waals surface area contributed by atoms with Crippen LogP contribution in [0.5, 0.6) is 0 Å². The summed E-state index contributed by atoms with van der Waals surface area (Å²) in [5.74, 6) is -0.124. The van der Waals surface area contributed by atoms with Crippen molar-refractivity contribution in [2.24, 2.45) is 0 Å². The minimum atomic E-state index is -0.124. The number of hydrogen-bond acceptors (Lipinski definition) is 3. The van der Waals surface area contributed by atoms with E-state index in [1.807, 2.05) is 12.1 Å². The Balaban J connectivity index is 2.80. The molecule has 0 aliphatic heterocycles. The summed E-state index contributed by atoms with van der Waals surface area (Å²) in [6.45, 7) is 10.2. The van der Waals surface area contributed by atoms with E-state index >= 15 is 0 Å². The van der Waals surface area contributed by atoms with Gasteiger partial charge in [0.2, 0.25) is 0 Å². The van der Waals surface area contributed by atoms with Crippen LogP contribution < -0.4 is 5.32 Å². The second-order valence-corrected chi connectivity index (χ2v) is 5.43. The summed E-state index contributed by atoms with van der Waals surface area (Å²) in [4.78, 5) is 2.28. The lowest BCUT2D eigenvalue weighted by Crippen LogP contribution is -2.35. The number of hydrogen-bond donors (Lipinski definition) is 1. The van der Waals surface area contributed by atoms with Gasteiger partial charge in [-0.25, -0.2) is 4.39 Å². The van der Waals surface area contributed by atoms with Crippen LogP contribution in [0.15, 0.2) is 18.2 Å². The zero-order chi connectivity index (χ0) is 15.7. The van der Waals surface area contributed by atoms with Gasteiger partial charge < -0.3 is 10.1 Å². The SMILES string of the molecule is CCNCc1ccc(F)c(CN(CCOC)C(C)CC)c1. The van der Waals surface area contributed by atoms with Gasteiger partial charge in [-0.15, -0.1) is 0 Å². The Morgan fingerprint density at radius 1 is 1.33 bits per heavy atom. The van der Waals surface area contributed by atoms with E-state index in [1.54, 1.807) is 13.2 Å². The summed E-state index contributed by atoms with van der Waals surface area (Å²) < 4.78 is 19.2. The van der Waals surface area contributed by atoms with Crippen LogP contribution >= 0.6 is 0 Å². The van der Waals surface area contributed by atoms with E-state index < -0.39 is 0 Å². The normalized spacial score (nSPS) is 12.9. The molecule has 1 N–H and O–H groups in total. The lowest BCUT2D eigenvalue weighted by Gasteiger charge is -2.28. The second-order valence-electron chi connectivity index (χ2n) is 5.43. The van der Waals surface area contributed by atoms with Crippen LogP contribution in [0.1, 0.15) is 38.3 Å². The maximum Gasteiger partial charge on any atom is 0.127 e. The molecular formula is C17H29FN2O. The van der Waals surface area contributed by atoms with E-state index in [-0.39, 0.29) is 5.82 Å². The summed E-state index contributed by atoms with van der Waals surface area (Å²) in [5, 5.41) is 3.28. The Bertz CT molecular complexity index is 412. The van der Waals surface area contributed by atoms with E-state index in [1.165, 1.54) is 0 Å². The summed E-state index contributed by atoms with van der Waals surface area (Å²) in [6, 6.07) is 5.81. The highest BCUT2D eigenvalue weighted by Crippen LogP contribution is 2.16. The van der Waals surface area contributed by atoms with Gasteiger partial charge in [-0.2, -0.15) is 0 Å². The first kappa shape index (κ1) is 18.1. The number of halogens is 1. The minimum absolute atomic E-state index is 0.124. The largest absolute Gasteiger partial charge is 0.383 e. The Morgan fingerprint density at radius 3 is 2.71 bits per heavy atom. The fraction of sp³-hybridized carbons (Fsp3) is 0.647. The third-order valence-corrected chi connectivity index (χ3v) is 3.86. The van der Waals surface area contributed by atoms with Crippen LogP contribution in [0.25, 0.3) is 0 Å². The molecular weight excluding hydrogens is 267 g/mol. The van der Waals surface area contributed by atoms with E-state index in [9.17, 15) is 4.39 Å². The van der Waals surface area contributed by atoms with E-state index in [0.29, 0.717) is 19.2 Å². The molecule has 0 aliphatic carbocycles.